The Morgan fingerprint density at radius 1 is 0.974 bits per heavy atom. The zero-order chi connectivity index (χ0) is 27.5. The zero-order valence-corrected chi connectivity index (χ0v) is 22.1. The molecule has 7 heteroatoms. The first-order valence-corrected chi connectivity index (χ1v) is 12.8. The Bertz CT molecular complexity index is 1220. The quantitative estimate of drug-likeness (QED) is 0.165. The number of aromatic nitrogens is 1. The van der Waals surface area contributed by atoms with Crippen LogP contribution < -0.4 is 9.47 Å². The van der Waals surface area contributed by atoms with E-state index in [0.717, 1.165) is 37.0 Å². The van der Waals surface area contributed by atoms with Crippen molar-refractivity contribution in [2.45, 2.75) is 52.3 Å². The van der Waals surface area contributed by atoms with Crippen LogP contribution in [-0.2, 0) is 10.9 Å². The van der Waals surface area contributed by atoms with Crippen molar-refractivity contribution in [1.29, 1.82) is 0 Å². The lowest BCUT2D eigenvalue weighted by Crippen LogP contribution is -2.11. The lowest BCUT2D eigenvalue weighted by Gasteiger charge is -2.21. The molecule has 38 heavy (non-hydrogen) atoms. The minimum atomic E-state index is -4.38. The van der Waals surface area contributed by atoms with E-state index in [0.29, 0.717) is 47.4 Å². The number of benzene rings is 2. The van der Waals surface area contributed by atoms with Gasteiger partial charge in [0.05, 0.1) is 30.2 Å². The molecule has 0 aliphatic rings. The predicted octanol–water partition coefficient (Wildman–Crippen LogP) is 9.04. The molecule has 4 nitrogen and oxygen atoms in total. The number of hydrogen-bond acceptors (Lipinski definition) is 4. The summed E-state index contributed by atoms with van der Waals surface area (Å²) in [7, 11) is 0. The maximum Gasteiger partial charge on any atom is 0.416 e. The van der Waals surface area contributed by atoms with E-state index in [1.54, 1.807) is 12.1 Å². The Morgan fingerprint density at radius 3 is 2.39 bits per heavy atom. The number of unbranched alkanes of at least 4 members (excludes halogenated alkanes) is 1. The van der Waals surface area contributed by atoms with Gasteiger partial charge in [0.2, 0.25) is 0 Å². The van der Waals surface area contributed by atoms with E-state index < -0.39 is 11.7 Å². The van der Waals surface area contributed by atoms with Gasteiger partial charge in [0.15, 0.2) is 11.5 Å². The van der Waals surface area contributed by atoms with E-state index in [4.69, 9.17) is 19.2 Å². The summed E-state index contributed by atoms with van der Waals surface area (Å²) in [4.78, 5) is 4.76. The van der Waals surface area contributed by atoms with E-state index in [1.807, 2.05) is 50.3 Å². The Labute approximate surface area is 222 Å². The monoisotopic (exact) mass is 525 g/mol. The maximum absolute atomic E-state index is 13.0. The fraction of sp³-hybridized carbons (Fsp3) is 0.323. The highest BCUT2D eigenvalue weighted by Crippen LogP contribution is 2.35. The van der Waals surface area contributed by atoms with Crippen molar-refractivity contribution in [1.82, 2.24) is 4.98 Å². The van der Waals surface area contributed by atoms with Crippen LogP contribution in [0.2, 0.25) is 0 Å². The number of halogens is 3. The molecule has 3 aromatic rings. The summed E-state index contributed by atoms with van der Waals surface area (Å²) in [5.74, 6) is 1.77. The van der Waals surface area contributed by atoms with Gasteiger partial charge in [-0.3, -0.25) is 0 Å². The van der Waals surface area contributed by atoms with Gasteiger partial charge in [-0.2, -0.15) is 13.2 Å². The second kappa shape index (κ2) is 13.7. The van der Waals surface area contributed by atoms with Crippen molar-refractivity contribution in [3.63, 3.8) is 0 Å². The fourth-order valence-electron chi connectivity index (χ4n) is 3.85. The molecule has 0 bridgehead atoms. The number of nitrogens with zero attached hydrogens (tertiary/aromatic N) is 1. The average molecular weight is 526 g/mol. The summed E-state index contributed by atoms with van der Waals surface area (Å²) in [5, 5.41) is 0. The van der Waals surface area contributed by atoms with Crippen LogP contribution in [0.5, 0.6) is 11.5 Å². The molecule has 1 atom stereocenters. The highest BCUT2D eigenvalue weighted by molar-refractivity contribution is 5.60. The van der Waals surface area contributed by atoms with Crippen LogP contribution in [-0.4, -0.2) is 18.2 Å². The van der Waals surface area contributed by atoms with E-state index >= 15 is 0 Å². The number of hydrogen-bond donors (Lipinski definition) is 0. The molecule has 1 heterocycles. The minimum Gasteiger partial charge on any atom is -0.495 e. The van der Waals surface area contributed by atoms with Gasteiger partial charge in [-0.05, 0) is 74.7 Å². The first-order chi connectivity index (χ1) is 18.2. The van der Waals surface area contributed by atoms with E-state index in [-0.39, 0.29) is 6.10 Å². The SMILES string of the molecule is C=C(/C=C/c1ccc(OC(CCCC)c2cccc(-c3ccc(C(F)(F)F)cc3)n2)c(OCC)c1)OCC. The fourth-order valence-corrected chi connectivity index (χ4v) is 3.85. The standard InChI is InChI=1S/C31H34F3NO3/c1-5-8-12-28(27-11-9-10-26(35-27)24-16-18-25(19-17-24)31(32,33)34)38-29-20-15-23(21-30(29)37-7-3)14-13-22(4)36-6-2/h9-11,13-21,28H,4-8,12H2,1-3H3/b14-13+. The van der Waals surface area contributed by atoms with Gasteiger partial charge in [0, 0.05) is 5.56 Å². The van der Waals surface area contributed by atoms with Crippen molar-refractivity contribution in [2.75, 3.05) is 13.2 Å². The van der Waals surface area contributed by atoms with Crippen molar-refractivity contribution < 1.29 is 27.4 Å². The van der Waals surface area contributed by atoms with Crippen LogP contribution in [0.1, 0.15) is 63.0 Å². The van der Waals surface area contributed by atoms with E-state index in [2.05, 4.69) is 13.5 Å². The van der Waals surface area contributed by atoms with Crippen molar-refractivity contribution in [3.8, 4) is 22.8 Å². The van der Waals surface area contributed by atoms with Gasteiger partial charge in [-0.1, -0.05) is 50.3 Å². The topological polar surface area (TPSA) is 40.6 Å². The number of alkyl halides is 3. The molecule has 0 radical (unpaired) electrons. The van der Waals surface area contributed by atoms with Gasteiger partial charge in [-0.15, -0.1) is 0 Å². The van der Waals surface area contributed by atoms with Crippen molar-refractivity contribution in [2.24, 2.45) is 0 Å². The molecule has 0 saturated heterocycles. The molecule has 0 saturated carbocycles. The summed E-state index contributed by atoms with van der Waals surface area (Å²) in [6.45, 7) is 10.8. The summed E-state index contributed by atoms with van der Waals surface area (Å²) in [6.07, 6.45) is 1.58. The smallest absolute Gasteiger partial charge is 0.416 e. The molecule has 1 aromatic heterocycles. The first-order valence-electron chi connectivity index (χ1n) is 12.8. The Kier molecular flexibility index (Phi) is 10.4. The summed E-state index contributed by atoms with van der Waals surface area (Å²) < 4.78 is 56.7. The third-order valence-corrected chi connectivity index (χ3v) is 5.76. The normalized spacial score (nSPS) is 12.4. The molecule has 0 spiro atoms. The van der Waals surface area contributed by atoms with Crippen LogP contribution in [0.15, 0.2) is 79.1 Å². The molecular weight excluding hydrogens is 491 g/mol. The van der Waals surface area contributed by atoms with Crippen LogP contribution >= 0.6 is 0 Å². The van der Waals surface area contributed by atoms with Gasteiger partial charge in [0.25, 0.3) is 0 Å². The Balaban J connectivity index is 1.88. The van der Waals surface area contributed by atoms with Crippen molar-refractivity contribution in [3.05, 3.63) is 95.9 Å². The van der Waals surface area contributed by atoms with Gasteiger partial charge < -0.3 is 14.2 Å². The third-order valence-electron chi connectivity index (χ3n) is 5.76. The summed E-state index contributed by atoms with van der Waals surface area (Å²) in [6, 6.07) is 16.2. The Hall–Kier alpha value is -3.74. The second-order valence-electron chi connectivity index (χ2n) is 8.64. The molecule has 0 amide bonds. The number of ether oxygens (including phenoxy) is 3. The van der Waals surface area contributed by atoms with Crippen LogP contribution in [0.3, 0.4) is 0 Å². The molecule has 3 rings (SSSR count). The van der Waals surface area contributed by atoms with E-state index in [1.165, 1.54) is 12.1 Å². The molecule has 0 aliphatic heterocycles. The lowest BCUT2D eigenvalue weighted by molar-refractivity contribution is -0.137. The molecule has 0 N–H and O–H groups in total. The Morgan fingerprint density at radius 2 is 1.74 bits per heavy atom. The largest absolute Gasteiger partial charge is 0.495 e. The number of allylic oxidation sites excluding steroid dienone is 1. The van der Waals surface area contributed by atoms with Gasteiger partial charge >= 0.3 is 6.18 Å². The lowest BCUT2D eigenvalue weighted by atomic mass is 10.1. The average Bonchev–Trinajstić information content (AvgIpc) is 2.91. The molecular formula is C31H34F3NO3. The molecule has 2 aromatic carbocycles. The highest BCUT2D eigenvalue weighted by Gasteiger charge is 2.30. The zero-order valence-electron chi connectivity index (χ0n) is 22.1. The van der Waals surface area contributed by atoms with Crippen LogP contribution in [0, 0.1) is 0 Å². The highest BCUT2D eigenvalue weighted by atomic mass is 19.4. The number of pyridine rings is 1. The van der Waals surface area contributed by atoms with Crippen molar-refractivity contribution >= 4 is 6.08 Å². The third kappa shape index (κ3) is 8.13. The van der Waals surface area contributed by atoms with Crippen LogP contribution in [0.25, 0.3) is 17.3 Å². The summed E-state index contributed by atoms with van der Waals surface area (Å²) >= 11 is 0. The van der Waals surface area contributed by atoms with E-state index in [9.17, 15) is 13.2 Å². The maximum atomic E-state index is 13.0. The molecule has 0 fully saturated rings. The molecule has 1 unspecified atom stereocenters. The number of rotatable bonds is 13. The second-order valence-corrected chi connectivity index (χ2v) is 8.64. The first kappa shape index (κ1) is 28.8. The van der Waals surface area contributed by atoms with Gasteiger partial charge in [-0.25, -0.2) is 4.98 Å². The predicted molar refractivity (Wildman–Crippen MR) is 145 cm³/mol. The van der Waals surface area contributed by atoms with Gasteiger partial charge in [0.1, 0.15) is 11.9 Å². The minimum absolute atomic E-state index is 0.359. The van der Waals surface area contributed by atoms with Crippen LogP contribution in [0.4, 0.5) is 13.2 Å². The molecule has 202 valence electrons. The molecule has 0 aliphatic carbocycles. The summed E-state index contributed by atoms with van der Waals surface area (Å²) in [5.41, 5.74) is 2.12.